The van der Waals surface area contributed by atoms with Crippen molar-refractivity contribution in [3.05, 3.63) is 70.4 Å². The predicted octanol–water partition coefficient (Wildman–Crippen LogP) is 5.85. The summed E-state index contributed by atoms with van der Waals surface area (Å²) < 4.78 is 0. The lowest BCUT2D eigenvalue weighted by atomic mass is 9.79. The van der Waals surface area contributed by atoms with Crippen LogP contribution in [0.5, 0.6) is 0 Å². The molecule has 34 heavy (non-hydrogen) atoms. The summed E-state index contributed by atoms with van der Waals surface area (Å²) in [5.41, 5.74) is 7.04. The van der Waals surface area contributed by atoms with Crippen LogP contribution in [-0.2, 0) is 11.2 Å². The number of nitrogens with one attached hydrogen (secondary N) is 2. The van der Waals surface area contributed by atoms with Crippen LogP contribution in [0.15, 0.2) is 48.2 Å². The van der Waals surface area contributed by atoms with Gasteiger partial charge in [0.25, 0.3) is 5.91 Å². The van der Waals surface area contributed by atoms with Gasteiger partial charge in [0, 0.05) is 41.4 Å². The highest BCUT2D eigenvalue weighted by molar-refractivity contribution is 6.02. The van der Waals surface area contributed by atoms with Crippen molar-refractivity contribution in [3.63, 3.8) is 0 Å². The monoisotopic (exact) mass is 454 g/mol. The van der Waals surface area contributed by atoms with Gasteiger partial charge in [-0.2, -0.15) is 5.26 Å². The molecule has 2 heterocycles. The maximum absolute atomic E-state index is 12.8. The van der Waals surface area contributed by atoms with E-state index in [0.717, 1.165) is 40.6 Å². The third kappa shape index (κ3) is 4.46. The molecule has 1 aliphatic rings. The lowest BCUT2D eigenvalue weighted by Gasteiger charge is -2.47. The summed E-state index contributed by atoms with van der Waals surface area (Å²) in [6, 6.07) is 14.6. The van der Waals surface area contributed by atoms with Crippen LogP contribution in [-0.4, -0.2) is 29.5 Å². The van der Waals surface area contributed by atoms with E-state index in [1.165, 1.54) is 11.3 Å². The number of hydrogen-bond acceptors (Lipinski definition) is 3. The van der Waals surface area contributed by atoms with E-state index in [4.69, 9.17) is 0 Å². The number of nitrogens with zero attached hydrogens (tertiary/aromatic N) is 2. The number of aromatic nitrogens is 1. The normalized spacial score (nSPS) is 17.4. The first-order valence-electron chi connectivity index (χ1n) is 12.1. The molecule has 4 rings (SSSR count). The molecule has 0 bridgehead atoms. The topological polar surface area (TPSA) is 71.9 Å². The zero-order valence-corrected chi connectivity index (χ0v) is 20.8. The molecule has 0 spiro atoms. The maximum Gasteiger partial charge on any atom is 0.261 e. The Kier molecular flexibility index (Phi) is 6.52. The highest BCUT2D eigenvalue weighted by Gasteiger charge is 2.35. The SMILES string of the molecule is CCN1c2cc(C)c(/C=C(/C#N)C(=O)NCCc3c[nH]c4ccccc34)cc2[C@@H](C)CC1(C)C. The molecule has 0 saturated heterocycles. The van der Waals surface area contributed by atoms with Gasteiger partial charge in [0.15, 0.2) is 0 Å². The highest BCUT2D eigenvalue weighted by Crippen LogP contribution is 2.44. The van der Waals surface area contributed by atoms with Crippen LogP contribution in [0.1, 0.15) is 62.3 Å². The number of benzene rings is 2. The van der Waals surface area contributed by atoms with Gasteiger partial charge in [-0.15, -0.1) is 0 Å². The Balaban J connectivity index is 1.52. The molecule has 176 valence electrons. The minimum Gasteiger partial charge on any atom is -0.366 e. The Morgan fingerprint density at radius 2 is 2.09 bits per heavy atom. The number of carbonyl (C=O) groups excluding carboxylic acids is 1. The number of amides is 1. The van der Waals surface area contributed by atoms with Crippen molar-refractivity contribution in [3.8, 4) is 6.07 Å². The number of aryl methyl sites for hydroxylation is 1. The fourth-order valence-corrected chi connectivity index (χ4v) is 5.45. The number of hydrogen-bond donors (Lipinski definition) is 2. The highest BCUT2D eigenvalue weighted by atomic mass is 16.1. The van der Waals surface area contributed by atoms with E-state index < -0.39 is 0 Å². The molecule has 3 aromatic rings. The molecule has 0 fully saturated rings. The summed E-state index contributed by atoms with van der Waals surface area (Å²) in [5, 5.41) is 13.8. The van der Waals surface area contributed by atoms with Crippen LogP contribution in [0.2, 0.25) is 0 Å². The molecule has 0 aliphatic carbocycles. The van der Waals surface area contributed by atoms with E-state index in [9.17, 15) is 10.1 Å². The molecule has 1 aromatic heterocycles. The number of aromatic amines is 1. The molecule has 1 amide bonds. The van der Waals surface area contributed by atoms with Gasteiger partial charge in [-0.1, -0.05) is 25.1 Å². The number of para-hydroxylation sites is 1. The fourth-order valence-electron chi connectivity index (χ4n) is 5.45. The quantitative estimate of drug-likeness (QED) is 0.362. The van der Waals surface area contributed by atoms with E-state index in [1.807, 2.05) is 24.4 Å². The average Bonchev–Trinajstić information content (AvgIpc) is 3.20. The van der Waals surface area contributed by atoms with E-state index in [2.05, 4.69) is 74.1 Å². The Bertz CT molecular complexity index is 1290. The molecule has 5 nitrogen and oxygen atoms in total. The van der Waals surface area contributed by atoms with Gasteiger partial charge in [-0.25, -0.2) is 0 Å². The van der Waals surface area contributed by atoms with Crippen LogP contribution in [0.25, 0.3) is 17.0 Å². The average molecular weight is 455 g/mol. The Morgan fingerprint density at radius 3 is 2.82 bits per heavy atom. The van der Waals surface area contributed by atoms with Crippen molar-refractivity contribution in [1.82, 2.24) is 10.3 Å². The van der Waals surface area contributed by atoms with Crippen LogP contribution >= 0.6 is 0 Å². The summed E-state index contributed by atoms with van der Waals surface area (Å²) in [6.07, 6.45) is 5.49. The first kappa shape index (κ1) is 23.6. The van der Waals surface area contributed by atoms with Crippen LogP contribution in [0, 0.1) is 18.3 Å². The number of nitriles is 1. The maximum atomic E-state index is 12.8. The number of anilines is 1. The first-order chi connectivity index (χ1) is 16.2. The van der Waals surface area contributed by atoms with Gasteiger partial charge in [0.2, 0.25) is 0 Å². The van der Waals surface area contributed by atoms with E-state index in [1.54, 1.807) is 6.08 Å². The van der Waals surface area contributed by atoms with Crippen molar-refractivity contribution in [2.24, 2.45) is 0 Å². The summed E-state index contributed by atoms with van der Waals surface area (Å²) in [7, 11) is 0. The van der Waals surface area contributed by atoms with E-state index in [-0.39, 0.29) is 17.0 Å². The molecule has 5 heteroatoms. The van der Waals surface area contributed by atoms with E-state index in [0.29, 0.717) is 18.9 Å². The van der Waals surface area contributed by atoms with Crippen LogP contribution < -0.4 is 10.2 Å². The van der Waals surface area contributed by atoms with Crippen LogP contribution in [0.4, 0.5) is 5.69 Å². The Morgan fingerprint density at radius 1 is 1.32 bits per heavy atom. The third-order valence-corrected chi connectivity index (χ3v) is 7.11. The Labute approximate surface area is 202 Å². The van der Waals surface area contributed by atoms with E-state index >= 15 is 0 Å². The minimum atomic E-state index is -0.330. The van der Waals surface area contributed by atoms with Gasteiger partial charge < -0.3 is 15.2 Å². The number of H-pyrrole nitrogens is 1. The number of carbonyl (C=O) groups is 1. The van der Waals surface area contributed by atoms with Gasteiger partial charge in [0.05, 0.1) is 0 Å². The van der Waals surface area contributed by atoms with Crippen molar-refractivity contribution in [2.45, 2.75) is 58.9 Å². The lowest BCUT2D eigenvalue weighted by molar-refractivity contribution is -0.117. The molecule has 1 atom stereocenters. The van der Waals surface area contributed by atoms with Crippen molar-refractivity contribution >= 4 is 28.6 Å². The molecule has 2 aromatic carbocycles. The first-order valence-corrected chi connectivity index (χ1v) is 12.1. The van der Waals surface area contributed by atoms with Gasteiger partial charge in [-0.3, -0.25) is 4.79 Å². The standard InChI is InChI=1S/C29H34N4O/c1-6-33-27-13-19(2)22(15-25(27)20(3)16-29(33,4)5)14-23(17-30)28(34)31-12-11-21-18-32-26-10-8-7-9-24(21)26/h7-10,13-15,18,20,32H,6,11-12,16H2,1-5H3,(H,31,34)/b23-14-/t20-/m0/s1. The minimum absolute atomic E-state index is 0.105. The fraction of sp³-hybridized carbons (Fsp3) is 0.379. The summed E-state index contributed by atoms with van der Waals surface area (Å²) >= 11 is 0. The van der Waals surface area contributed by atoms with Gasteiger partial charge >= 0.3 is 0 Å². The summed E-state index contributed by atoms with van der Waals surface area (Å²) in [4.78, 5) is 18.5. The number of rotatable bonds is 6. The lowest BCUT2D eigenvalue weighted by Crippen LogP contribution is -2.48. The molecule has 0 saturated carbocycles. The smallest absolute Gasteiger partial charge is 0.261 e. The molecule has 1 aliphatic heterocycles. The zero-order valence-electron chi connectivity index (χ0n) is 20.8. The molecule has 2 N–H and O–H groups in total. The third-order valence-electron chi connectivity index (χ3n) is 7.11. The predicted molar refractivity (Wildman–Crippen MR) is 140 cm³/mol. The second kappa shape index (κ2) is 9.38. The second-order valence-corrected chi connectivity index (χ2v) is 9.96. The molecular formula is C29H34N4O. The zero-order chi connectivity index (χ0) is 24.5. The van der Waals surface area contributed by atoms with Gasteiger partial charge in [-0.05, 0) is 93.0 Å². The molecule has 0 unspecified atom stereocenters. The van der Waals surface area contributed by atoms with Gasteiger partial charge in [0.1, 0.15) is 11.6 Å². The summed E-state index contributed by atoms with van der Waals surface area (Å²) in [6.45, 7) is 12.5. The summed E-state index contributed by atoms with van der Waals surface area (Å²) in [5.74, 6) is 0.0833. The van der Waals surface area contributed by atoms with Crippen molar-refractivity contribution in [1.29, 1.82) is 5.26 Å². The van der Waals surface area contributed by atoms with Crippen LogP contribution in [0.3, 0.4) is 0 Å². The Hall–Kier alpha value is -3.52. The van der Waals surface area contributed by atoms with Crippen molar-refractivity contribution < 1.29 is 4.79 Å². The largest absolute Gasteiger partial charge is 0.366 e. The second-order valence-electron chi connectivity index (χ2n) is 9.96. The van der Waals surface area contributed by atoms with Crippen molar-refractivity contribution in [2.75, 3.05) is 18.0 Å². The molecular weight excluding hydrogens is 420 g/mol. The molecule has 0 radical (unpaired) electrons. The number of fused-ring (bicyclic) bond motifs is 2.